The third-order valence-electron chi connectivity index (χ3n) is 7.00. The number of para-hydroxylation sites is 1. The Labute approximate surface area is 241 Å². The largest absolute Gasteiger partial charge is 0.493 e. The van der Waals surface area contributed by atoms with Crippen molar-refractivity contribution < 1.29 is 36.3 Å². The van der Waals surface area contributed by atoms with Crippen molar-refractivity contribution in [1.82, 2.24) is 14.5 Å². The van der Waals surface area contributed by atoms with Gasteiger partial charge in [-0.15, -0.1) is 22.7 Å². The van der Waals surface area contributed by atoms with Crippen LogP contribution in [-0.2, 0) is 32.7 Å². The molecule has 2 aliphatic rings. The zero-order valence-corrected chi connectivity index (χ0v) is 23.9. The number of hydrogen-bond donors (Lipinski definition) is 1. The molecule has 3 aromatic heterocycles. The number of aliphatic hydroxyl groups excluding tert-OH is 1. The molecule has 1 aromatic carbocycles. The molecule has 1 atom stereocenters. The number of aliphatic hydroxyl groups is 1. The fourth-order valence-corrected chi connectivity index (χ4v) is 8.17. The van der Waals surface area contributed by atoms with E-state index in [9.17, 15) is 31.5 Å². The highest BCUT2D eigenvalue weighted by Crippen LogP contribution is 2.41. The topological polar surface area (TPSA) is 105 Å². The van der Waals surface area contributed by atoms with Gasteiger partial charge in [0.15, 0.2) is 0 Å². The molecule has 1 saturated carbocycles. The van der Waals surface area contributed by atoms with Gasteiger partial charge in [0.05, 0.1) is 17.3 Å². The first-order chi connectivity index (χ1) is 19.5. The van der Waals surface area contributed by atoms with E-state index in [1.165, 1.54) is 41.0 Å². The maximum absolute atomic E-state index is 13.6. The molecular formula is C26H25F3N4O5S3. The van der Waals surface area contributed by atoms with E-state index in [-0.39, 0.29) is 20.5 Å². The second kappa shape index (κ2) is 10.7. The van der Waals surface area contributed by atoms with Crippen molar-refractivity contribution in [3.63, 3.8) is 0 Å². The number of sulfonamides is 1. The lowest BCUT2D eigenvalue weighted by atomic mass is 10.2. The van der Waals surface area contributed by atoms with Gasteiger partial charge in [-0.3, -0.25) is 4.90 Å². The van der Waals surface area contributed by atoms with Crippen molar-refractivity contribution in [1.29, 1.82) is 0 Å². The molecule has 1 saturated heterocycles. The summed E-state index contributed by atoms with van der Waals surface area (Å²) >= 11 is 2.26. The van der Waals surface area contributed by atoms with Gasteiger partial charge in [0.2, 0.25) is 0 Å². The van der Waals surface area contributed by atoms with Gasteiger partial charge in [0, 0.05) is 42.6 Å². The smallest absolute Gasteiger partial charge is 0.392 e. The van der Waals surface area contributed by atoms with Gasteiger partial charge in [0.25, 0.3) is 0 Å². The van der Waals surface area contributed by atoms with E-state index in [0.29, 0.717) is 53.6 Å². The van der Waals surface area contributed by atoms with Crippen LogP contribution in [0, 0.1) is 5.92 Å². The number of carbonyl (C=O) groups is 1. The Hall–Kier alpha value is -2.98. The fourth-order valence-electron chi connectivity index (χ4n) is 4.90. The van der Waals surface area contributed by atoms with Crippen molar-refractivity contribution in [2.75, 3.05) is 17.6 Å². The van der Waals surface area contributed by atoms with Gasteiger partial charge < -0.3 is 14.5 Å². The van der Waals surface area contributed by atoms with E-state index >= 15 is 0 Å². The van der Waals surface area contributed by atoms with Gasteiger partial charge in [-0.2, -0.15) is 21.6 Å². The van der Waals surface area contributed by atoms with Gasteiger partial charge >= 0.3 is 22.2 Å². The van der Waals surface area contributed by atoms with Crippen LogP contribution >= 0.6 is 22.7 Å². The Morgan fingerprint density at radius 3 is 2.66 bits per heavy atom. The molecular weight excluding hydrogens is 602 g/mol. The molecule has 2 fully saturated rings. The molecule has 218 valence electrons. The Morgan fingerprint density at radius 1 is 1.20 bits per heavy atom. The predicted molar refractivity (Wildman–Crippen MR) is 148 cm³/mol. The van der Waals surface area contributed by atoms with Crippen LogP contribution in [-0.4, -0.2) is 59.3 Å². The molecule has 41 heavy (non-hydrogen) atoms. The Balaban J connectivity index is 1.46. The standard InChI is InChI=1S/C26H25F3N4O5S3/c27-26(28,29)25(35)38-33(41(36,37)22-5-2-10-39-22)20-4-1-3-17-11-21(32(23(17)20)13-16-6-7-16)24-30-12-19(40-24)15-31-9-8-18(34)14-31/h1-5,10-12,16,18,34H,6-9,13-15H2. The van der Waals surface area contributed by atoms with Crippen LogP contribution < -0.4 is 4.47 Å². The maximum atomic E-state index is 13.6. The molecule has 1 aliphatic carbocycles. The summed E-state index contributed by atoms with van der Waals surface area (Å²) < 4.78 is 68.7. The van der Waals surface area contributed by atoms with E-state index in [2.05, 4.69) is 14.7 Å². The molecule has 0 radical (unpaired) electrons. The summed E-state index contributed by atoms with van der Waals surface area (Å²) in [7, 11) is -4.70. The molecule has 4 aromatic rings. The quantitative estimate of drug-likeness (QED) is 0.260. The van der Waals surface area contributed by atoms with Crippen LogP contribution in [0.5, 0.6) is 0 Å². The van der Waals surface area contributed by atoms with Crippen molar-refractivity contribution in [2.45, 2.75) is 48.8 Å². The lowest BCUT2D eigenvalue weighted by Gasteiger charge is -2.24. The number of likely N-dealkylation sites (tertiary alicyclic amines) is 1. The number of alkyl halides is 3. The summed E-state index contributed by atoms with van der Waals surface area (Å²) in [5, 5.41) is 12.6. The first-order valence-corrected chi connectivity index (χ1v) is 16.0. The highest BCUT2D eigenvalue weighted by molar-refractivity contribution is 7.94. The minimum atomic E-state index is -5.42. The number of β-amino-alcohol motifs (C(OH)–C–C–N with tert-alkyl or cyclic N) is 1. The molecule has 0 amide bonds. The molecule has 15 heteroatoms. The summed E-state index contributed by atoms with van der Waals surface area (Å²) in [6, 6.07) is 9.07. The second-order valence-electron chi connectivity index (χ2n) is 10.1. The number of hydrogen-bond acceptors (Lipinski definition) is 9. The number of carbonyl (C=O) groups excluding carboxylic acids is 1. The Bertz CT molecular complexity index is 1680. The van der Waals surface area contributed by atoms with Crippen LogP contribution in [0.3, 0.4) is 0 Å². The molecule has 1 unspecified atom stereocenters. The van der Waals surface area contributed by atoms with Gasteiger partial charge in [-0.05, 0) is 48.8 Å². The molecule has 6 rings (SSSR count). The monoisotopic (exact) mass is 626 g/mol. The summed E-state index contributed by atoms with van der Waals surface area (Å²) in [5.74, 6) is -2.34. The molecule has 0 bridgehead atoms. The highest BCUT2D eigenvalue weighted by Gasteiger charge is 2.45. The van der Waals surface area contributed by atoms with Crippen LogP contribution in [0.25, 0.3) is 21.6 Å². The second-order valence-corrected chi connectivity index (χ2v) is 14.2. The summed E-state index contributed by atoms with van der Waals surface area (Å²) in [6.07, 6.45) is -1.36. The molecule has 4 heterocycles. The number of nitrogens with zero attached hydrogens (tertiary/aromatic N) is 4. The van der Waals surface area contributed by atoms with Gasteiger partial charge in [-0.1, -0.05) is 22.7 Å². The number of aromatic nitrogens is 2. The van der Waals surface area contributed by atoms with Crippen molar-refractivity contribution >= 4 is 55.3 Å². The summed E-state index contributed by atoms with van der Waals surface area (Å²) in [4.78, 5) is 24.3. The van der Waals surface area contributed by atoms with E-state index in [1.807, 2.05) is 10.6 Å². The number of halogens is 3. The maximum Gasteiger partial charge on any atom is 0.493 e. The predicted octanol–water partition coefficient (Wildman–Crippen LogP) is 5.02. The first kappa shape index (κ1) is 28.2. The number of rotatable bonds is 9. The average molecular weight is 627 g/mol. The molecule has 1 N–H and O–H groups in total. The molecule has 0 spiro atoms. The van der Waals surface area contributed by atoms with Crippen molar-refractivity contribution in [3.05, 3.63) is 52.9 Å². The van der Waals surface area contributed by atoms with Gasteiger partial charge in [-0.25, -0.2) is 9.78 Å². The Kier molecular flexibility index (Phi) is 7.34. The number of thiophene rings is 1. The Morgan fingerprint density at radius 2 is 2.00 bits per heavy atom. The highest BCUT2D eigenvalue weighted by atomic mass is 32.2. The minimum absolute atomic E-state index is 0.0934. The SMILES string of the molecule is O=C(ON(c1cccc2cc(-c3ncc(CN4CCC(O)C4)s3)n(CC3CC3)c12)S(=O)(=O)c1cccs1)C(F)(F)F. The van der Waals surface area contributed by atoms with Gasteiger partial charge in [0.1, 0.15) is 14.9 Å². The van der Waals surface area contributed by atoms with E-state index in [0.717, 1.165) is 35.6 Å². The normalized spacial score (nSPS) is 18.3. The van der Waals surface area contributed by atoms with Crippen molar-refractivity contribution in [2.24, 2.45) is 5.92 Å². The zero-order valence-electron chi connectivity index (χ0n) is 21.5. The van der Waals surface area contributed by atoms with E-state index in [4.69, 9.17) is 0 Å². The van der Waals surface area contributed by atoms with Crippen LogP contribution in [0.1, 0.15) is 24.1 Å². The third kappa shape index (κ3) is 5.73. The van der Waals surface area contributed by atoms with Crippen LogP contribution in [0.2, 0.25) is 0 Å². The van der Waals surface area contributed by atoms with E-state index < -0.39 is 22.2 Å². The van der Waals surface area contributed by atoms with Crippen LogP contribution in [0.4, 0.5) is 18.9 Å². The first-order valence-electron chi connectivity index (χ1n) is 12.9. The summed E-state index contributed by atoms with van der Waals surface area (Å²) in [6.45, 7) is 2.49. The van der Waals surface area contributed by atoms with E-state index in [1.54, 1.807) is 12.3 Å². The molecule has 9 nitrogen and oxygen atoms in total. The number of anilines is 1. The van der Waals surface area contributed by atoms with Crippen LogP contribution in [0.15, 0.2) is 52.2 Å². The number of fused-ring (bicyclic) bond motifs is 1. The van der Waals surface area contributed by atoms with Crippen molar-refractivity contribution in [3.8, 4) is 10.7 Å². The third-order valence-corrected chi connectivity index (χ3v) is 10.9. The molecule has 1 aliphatic heterocycles. The average Bonchev–Trinajstić information content (AvgIpc) is 3.35. The number of benzene rings is 1. The zero-order chi connectivity index (χ0) is 28.9. The fraction of sp³-hybridized carbons (Fsp3) is 0.385. The minimum Gasteiger partial charge on any atom is -0.392 e. The lowest BCUT2D eigenvalue weighted by Crippen LogP contribution is -2.38. The number of thiazole rings is 1. The lowest BCUT2D eigenvalue weighted by molar-refractivity contribution is -0.199. The summed E-state index contributed by atoms with van der Waals surface area (Å²) in [5.41, 5.74) is 0.805.